The summed E-state index contributed by atoms with van der Waals surface area (Å²) in [5, 5.41) is 12.0. The van der Waals surface area contributed by atoms with Crippen molar-refractivity contribution in [3.8, 4) is 0 Å². The standard InChI is InChI=1S/C15H22FNO2/c1-15(2,3)13(8-9-18)17-14(19)10-11-4-6-12(16)7-5-11/h4-7,13,18H,8-10H2,1-3H3,(H,17,19). The second-order valence-electron chi connectivity index (χ2n) is 5.80. The van der Waals surface area contributed by atoms with Crippen molar-refractivity contribution in [2.24, 2.45) is 5.41 Å². The van der Waals surface area contributed by atoms with Crippen LogP contribution in [0.5, 0.6) is 0 Å². The van der Waals surface area contributed by atoms with Crippen molar-refractivity contribution in [2.75, 3.05) is 6.61 Å². The second-order valence-corrected chi connectivity index (χ2v) is 5.80. The molecular weight excluding hydrogens is 245 g/mol. The van der Waals surface area contributed by atoms with Gasteiger partial charge in [-0.15, -0.1) is 0 Å². The van der Waals surface area contributed by atoms with Crippen LogP contribution in [0.4, 0.5) is 4.39 Å². The third kappa shape index (κ3) is 5.39. The lowest BCUT2D eigenvalue weighted by atomic mass is 9.85. The van der Waals surface area contributed by atoms with E-state index in [1.807, 2.05) is 20.8 Å². The third-order valence-electron chi connectivity index (χ3n) is 3.08. The van der Waals surface area contributed by atoms with Crippen molar-refractivity contribution in [3.05, 3.63) is 35.6 Å². The van der Waals surface area contributed by atoms with E-state index >= 15 is 0 Å². The molecule has 0 aromatic heterocycles. The van der Waals surface area contributed by atoms with Crippen LogP contribution in [0, 0.1) is 11.2 Å². The number of hydrogen-bond acceptors (Lipinski definition) is 2. The minimum Gasteiger partial charge on any atom is -0.396 e. The summed E-state index contributed by atoms with van der Waals surface area (Å²) < 4.78 is 12.8. The van der Waals surface area contributed by atoms with Gasteiger partial charge in [-0.25, -0.2) is 4.39 Å². The summed E-state index contributed by atoms with van der Waals surface area (Å²) in [7, 11) is 0. The van der Waals surface area contributed by atoms with E-state index in [9.17, 15) is 9.18 Å². The monoisotopic (exact) mass is 267 g/mol. The predicted octanol–water partition coefficient (Wildman–Crippen LogP) is 2.28. The molecule has 0 aliphatic rings. The number of nitrogens with one attached hydrogen (secondary N) is 1. The van der Waals surface area contributed by atoms with Crippen LogP contribution in [-0.2, 0) is 11.2 Å². The highest BCUT2D eigenvalue weighted by Crippen LogP contribution is 2.21. The molecule has 0 aliphatic heterocycles. The summed E-state index contributed by atoms with van der Waals surface area (Å²) in [6.45, 7) is 6.10. The molecule has 0 radical (unpaired) electrons. The quantitative estimate of drug-likeness (QED) is 0.860. The molecule has 0 fully saturated rings. The van der Waals surface area contributed by atoms with Gasteiger partial charge in [0, 0.05) is 12.6 Å². The number of halogens is 1. The lowest BCUT2D eigenvalue weighted by molar-refractivity contribution is -0.122. The van der Waals surface area contributed by atoms with Crippen LogP contribution >= 0.6 is 0 Å². The molecule has 19 heavy (non-hydrogen) atoms. The molecule has 1 aromatic rings. The summed E-state index contributed by atoms with van der Waals surface area (Å²) in [6.07, 6.45) is 0.747. The Hall–Kier alpha value is -1.42. The number of carbonyl (C=O) groups excluding carboxylic acids is 1. The Morgan fingerprint density at radius 2 is 1.89 bits per heavy atom. The van der Waals surface area contributed by atoms with Crippen molar-refractivity contribution in [1.82, 2.24) is 5.32 Å². The van der Waals surface area contributed by atoms with E-state index in [0.29, 0.717) is 6.42 Å². The van der Waals surface area contributed by atoms with Gasteiger partial charge >= 0.3 is 0 Å². The fraction of sp³-hybridized carbons (Fsp3) is 0.533. The van der Waals surface area contributed by atoms with Crippen molar-refractivity contribution < 1.29 is 14.3 Å². The number of aliphatic hydroxyl groups is 1. The van der Waals surface area contributed by atoms with E-state index in [1.165, 1.54) is 12.1 Å². The van der Waals surface area contributed by atoms with Crippen LogP contribution < -0.4 is 5.32 Å². The molecule has 1 atom stereocenters. The zero-order valence-electron chi connectivity index (χ0n) is 11.7. The van der Waals surface area contributed by atoms with Gasteiger partial charge < -0.3 is 10.4 Å². The Morgan fingerprint density at radius 1 is 1.32 bits per heavy atom. The van der Waals surface area contributed by atoms with Gasteiger partial charge in [-0.3, -0.25) is 4.79 Å². The molecular formula is C15H22FNO2. The first-order valence-electron chi connectivity index (χ1n) is 6.47. The average Bonchev–Trinajstić information content (AvgIpc) is 2.30. The molecule has 4 heteroatoms. The van der Waals surface area contributed by atoms with Crippen LogP contribution in [0.3, 0.4) is 0 Å². The maximum atomic E-state index is 12.8. The average molecular weight is 267 g/mol. The van der Waals surface area contributed by atoms with Crippen LogP contribution in [0.15, 0.2) is 24.3 Å². The highest BCUT2D eigenvalue weighted by atomic mass is 19.1. The molecule has 0 bridgehead atoms. The smallest absolute Gasteiger partial charge is 0.224 e. The van der Waals surface area contributed by atoms with Crippen LogP contribution in [-0.4, -0.2) is 23.7 Å². The zero-order chi connectivity index (χ0) is 14.5. The van der Waals surface area contributed by atoms with Crippen molar-refractivity contribution in [2.45, 2.75) is 39.7 Å². The Labute approximate surface area is 113 Å². The van der Waals surface area contributed by atoms with Gasteiger partial charge in [0.2, 0.25) is 5.91 Å². The highest BCUT2D eigenvalue weighted by Gasteiger charge is 2.25. The number of rotatable bonds is 5. The number of benzene rings is 1. The second kappa shape index (κ2) is 6.66. The topological polar surface area (TPSA) is 49.3 Å². The van der Waals surface area contributed by atoms with E-state index in [1.54, 1.807) is 12.1 Å². The van der Waals surface area contributed by atoms with Gasteiger partial charge in [0.25, 0.3) is 0 Å². The van der Waals surface area contributed by atoms with E-state index in [2.05, 4.69) is 5.32 Å². The van der Waals surface area contributed by atoms with Gasteiger partial charge in [-0.2, -0.15) is 0 Å². The van der Waals surface area contributed by atoms with Gasteiger partial charge in [-0.1, -0.05) is 32.9 Å². The summed E-state index contributed by atoms with van der Waals surface area (Å²) in [6, 6.07) is 5.82. The molecule has 0 saturated heterocycles. The molecule has 0 heterocycles. The summed E-state index contributed by atoms with van der Waals surface area (Å²) >= 11 is 0. The molecule has 0 saturated carbocycles. The lowest BCUT2D eigenvalue weighted by Crippen LogP contribution is -2.44. The predicted molar refractivity (Wildman–Crippen MR) is 73.2 cm³/mol. The molecule has 0 aliphatic carbocycles. The van der Waals surface area contributed by atoms with Crippen molar-refractivity contribution >= 4 is 5.91 Å². The Balaban J connectivity index is 2.60. The molecule has 3 nitrogen and oxygen atoms in total. The highest BCUT2D eigenvalue weighted by molar-refractivity contribution is 5.78. The van der Waals surface area contributed by atoms with E-state index in [-0.39, 0.29) is 36.2 Å². The minimum atomic E-state index is -0.308. The summed E-state index contributed by atoms with van der Waals surface area (Å²) in [5.74, 6) is -0.419. The van der Waals surface area contributed by atoms with Crippen LogP contribution in [0.2, 0.25) is 0 Å². The number of hydrogen-bond donors (Lipinski definition) is 2. The van der Waals surface area contributed by atoms with E-state index in [0.717, 1.165) is 5.56 Å². The van der Waals surface area contributed by atoms with Gasteiger partial charge in [0.05, 0.1) is 6.42 Å². The number of carbonyl (C=O) groups is 1. The van der Waals surface area contributed by atoms with Crippen LogP contribution in [0.1, 0.15) is 32.8 Å². The molecule has 106 valence electrons. The summed E-state index contributed by atoms with van der Waals surface area (Å²) in [4.78, 5) is 11.9. The Bertz CT molecular complexity index is 409. The molecule has 1 unspecified atom stereocenters. The van der Waals surface area contributed by atoms with E-state index in [4.69, 9.17) is 5.11 Å². The minimum absolute atomic E-state index is 0.0404. The van der Waals surface area contributed by atoms with E-state index < -0.39 is 0 Å². The number of aliphatic hydroxyl groups excluding tert-OH is 1. The SMILES string of the molecule is CC(C)(C)C(CCO)NC(=O)Cc1ccc(F)cc1. The Morgan fingerprint density at radius 3 is 2.37 bits per heavy atom. The summed E-state index contributed by atoms with van der Waals surface area (Å²) in [5.41, 5.74) is 0.664. The zero-order valence-corrected chi connectivity index (χ0v) is 11.7. The number of amides is 1. The maximum Gasteiger partial charge on any atom is 0.224 e. The molecule has 1 rings (SSSR count). The van der Waals surface area contributed by atoms with Gasteiger partial charge in [0.1, 0.15) is 5.82 Å². The molecule has 1 aromatic carbocycles. The first kappa shape index (κ1) is 15.6. The first-order valence-corrected chi connectivity index (χ1v) is 6.47. The first-order chi connectivity index (χ1) is 8.82. The van der Waals surface area contributed by atoms with Gasteiger partial charge in [0.15, 0.2) is 0 Å². The largest absolute Gasteiger partial charge is 0.396 e. The fourth-order valence-electron chi connectivity index (χ4n) is 1.88. The normalized spacial score (nSPS) is 13.1. The maximum absolute atomic E-state index is 12.8. The van der Waals surface area contributed by atoms with Crippen molar-refractivity contribution in [3.63, 3.8) is 0 Å². The van der Waals surface area contributed by atoms with Crippen molar-refractivity contribution in [1.29, 1.82) is 0 Å². The lowest BCUT2D eigenvalue weighted by Gasteiger charge is -2.31. The molecule has 1 amide bonds. The molecule has 2 N–H and O–H groups in total. The Kier molecular flexibility index (Phi) is 5.48. The molecule has 0 spiro atoms. The van der Waals surface area contributed by atoms with Crippen LogP contribution in [0.25, 0.3) is 0 Å². The van der Waals surface area contributed by atoms with Gasteiger partial charge in [-0.05, 0) is 29.5 Å². The fourth-order valence-corrected chi connectivity index (χ4v) is 1.88. The third-order valence-corrected chi connectivity index (χ3v) is 3.08.